The Morgan fingerprint density at radius 3 is 1.48 bits per heavy atom. The van der Waals surface area contributed by atoms with Crippen LogP contribution in [0.1, 0.15) is 19.3 Å². The molecule has 0 saturated heterocycles. The van der Waals surface area contributed by atoms with Gasteiger partial charge in [-0.05, 0) is 167 Å². The first-order chi connectivity index (χ1) is 14.4. The quantitative estimate of drug-likeness (QED) is 0.726. The summed E-state index contributed by atoms with van der Waals surface area (Å²) in [5, 5.41) is 0. The lowest BCUT2D eigenvalue weighted by Gasteiger charge is -2.93. The molecule has 0 aromatic carbocycles. The number of hydrogen-bond donors (Lipinski definition) is 1. The molecule has 13 aliphatic rings. The van der Waals surface area contributed by atoms with E-state index < -0.39 is 0 Å². The lowest BCUT2D eigenvalue weighted by atomic mass is 9.11. The Kier molecular flexibility index (Phi) is 1.52. The SMILES string of the molecule is NCCC1C2C3CC3C2C12C1C3C4C5C6C7C8C9C%10CC%10C9C8C7C6C5C4C3C12. The minimum Gasteiger partial charge on any atom is -0.330 e. The topological polar surface area (TPSA) is 26.0 Å². The Balaban J connectivity index is 0.851. The van der Waals surface area contributed by atoms with Gasteiger partial charge < -0.3 is 5.73 Å². The van der Waals surface area contributed by atoms with Crippen molar-refractivity contribution in [3.05, 3.63) is 0 Å². The molecule has 0 heterocycles. The molecule has 0 amide bonds. The van der Waals surface area contributed by atoms with Crippen LogP contribution < -0.4 is 5.73 Å². The van der Waals surface area contributed by atoms with Gasteiger partial charge in [0.15, 0.2) is 0 Å². The van der Waals surface area contributed by atoms with Crippen LogP contribution in [-0.4, -0.2) is 6.54 Å². The zero-order valence-electron chi connectivity index (χ0n) is 17.2. The second-order valence-electron chi connectivity index (χ2n) is 15.5. The molecule has 150 valence electrons. The summed E-state index contributed by atoms with van der Waals surface area (Å²) >= 11 is 0. The van der Waals surface area contributed by atoms with E-state index in [-0.39, 0.29) is 0 Å². The third kappa shape index (κ3) is 0.849. The van der Waals surface area contributed by atoms with Crippen molar-refractivity contribution in [1.29, 1.82) is 0 Å². The minimum absolute atomic E-state index is 0.922. The first kappa shape index (κ1) is 13.5. The van der Waals surface area contributed by atoms with Gasteiger partial charge in [-0.2, -0.15) is 0 Å². The van der Waals surface area contributed by atoms with Crippen LogP contribution in [-0.2, 0) is 0 Å². The van der Waals surface area contributed by atoms with Crippen LogP contribution in [0, 0.1) is 142 Å². The molecule has 0 aliphatic heterocycles. The van der Waals surface area contributed by atoms with Gasteiger partial charge in [0.25, 0.3) is 0 Å². The highest BCUT2D eigenvalue weighted by molar-refractivity contribution is 5.47. The summed E-state index contributed by atoms with van der Waals surface area (Å²) in [4.78, 5) is 0. The molecule has 23 atom stereocenters. The van der Waals surface area contributed by atoms with Crippen LogP contribution in [0.3, 0.4) is 0 Å². The fraction of sp³-hybridized carbons (Fsp3) is 1.00. The third-order valence-corrected chi connectivity index (χ3v) is 17.0. The van der Waals surface area contributed by atoms with E-state index in [0.717, 1.165) is 17.9 Å². The molecule has 13 saturated carbocycles. The lowest BCUT2D eigenvalue weighted by Crippen LogP contribution is -2.90. The highest BCUT2D eigenvalue weighted by atomic mass is 15.0. The fourth-order valence-electron chi connectivity index (χ4n) is 17.2. The van der Waals surface area contributed by atoms with Gasteiger partial charge in [-0.25, -0.2) is 0 Å². The fourth-order valence-corrected chi connectivity index (χ4v) is 17.2. The molecule has 0 aromatic heterocycles. The van der Waals surface area contributed by atoms with Gasteiger partial charge in [0.05, 0.1) is 0 Å². The Hall–Kier alpha value is -0.0400. The van der Waals surface area contributed by atoms with Gasteiger partial charge in [-0.1, -0.05) is 0 Å². The second-order valence-corrected chi connectivity index (χ2v) is 15.5. The van der Waals surface area contributed by atoms with Gasteiger partial charge >= 0.3 is 0 Å². The highest BCUT2D eigenvalue weighted by Gasteiger charge is 3.01. The van der Waals surface area contributed by atoms with Gasteiger partial charge in [-0.3, -0.25) is 0 Å². The smallest absolute Gasteiger partial charge is 0.00743 e. The highest BCUT2D eigenvalue weighted by Crippen LogP contribution is 3.04. The number of fused-ring (bicyclic) bond motifs is 32. The second kappa shape index (κ2) is 3.26. The van der Waals surface area contributed by atoms with Crippen LogP contribution in [0.2, 0.25) is 0 Å². The number of hydrogen-bond acceptors (Lipinski definition) is 1. The molecule has 0 bridgehead atoms. The molecule has 2 N–H and O–H groups in total. The molecule has 1 spiro atoms. The summed E-state index contributed by atoms with van der Waals surface area (Å²) in [6, 6.07) is 0. The van der Waals surface area contributed by atoms with Crippen molar-refractivity contribution in [2.45, 2.75) is 19.3 Å². The normalized spacial score (nSPS) is 94.9. The van der Waals surface area contributed by atoms with E-state index in [9.17, 15) is 0 Å². The zero-order valence-corrected chi connectivity index (χ0v) is 17.2. The summed E-state index contributed by atoms with van der Waals surface area (Å²) < 4.78 is 0. The van der Waals surface area contributed by atoms with Gasteiger partial charge in [-0.15, -0.1) is 0 Å². The molecule has 29 heavy (non-hydrogen) atoms. The van der Waals surface area contributed by atoms with E-state index in [1.54, 1.807) is 12.8 Å². The molecule has 1 heteroatoms. The largest absolute Gasteiger partial charge is 0.330 e. The summed E-state index contributed by atoms with van der Waals surface area (Å²) in [5.74, 6) is 29.1. The summed E-state index contributed by atoms with van der Waals surface area (Å²) in [7, 11) is 0. The molecule has 13 fully saturated rings. The van der Waals surface area contributed by atoms with Crippen LogP contribution in [0.25, 0.3) is 0 Å². The van der Waals surface area contributed by atoms with E-state index in [1.807, 2.05) is 0 Å². The predicted octanol–water partition coefficient (Wildman–Crippen LogP) is 3.45. The number of rotatable bonds is 2. The minimum atomic E-state index is 0.922. The Morgan fingerprint density at radius 1 is 0.483 bits per heavy atom. The first-order valence-electron chi connectivity index (χ1n) is 14.1. The maximum absolute atomic E-state index is 6.15. The average molecular weight is 384 g/mol. The average Bonchev–Trinajstić information content (AvgIpc) is 3.58. The van der Waals surface area contributed by atoms with Gasteiger partial charge in [0.2, 0.25) is 0 Å². The van der Waals surface area contributed by atoms with Crippen molar-refractivity contribution < 1.29 is 0 Å². The van der Waals surface area contributed by atoms with Gasteiger partial charge in [0.1, 0.15) is 0 Å². The molecule has 0 aromatic rings. The van der Waals surface area contributed by atoms with Crippen molar-refractivity contribution in [3.63, 3.8) is 0 Å². The maximum atomic E-state index is 6.15. The Labute approximate surface area is 173 Å². The molecule has 13 rings (SSSR count). The van der Waals surface area contributed by atoms with E-state index in [4.69, 9.17) is 5.73 Å². The van der Waals surface area contributed by atoms with E-state index in [1.165, 1.54) is 137 Å². The van der Waals surface area contributed by atoms with Crippen LogP contribution in [0.5, 0.6) is 0 Å². The summed E-state index contributed by atoms with van der Waals surface area (Å²) in [5.41, 5.74) is 7.07. The van der Waals surface area contributed by atoms with Crippen molar-refractivity contribution in [2.75, 3.05) is 6.54 Å². The molecular formula is C28H33N. The van der Waals surface area contributed by atoms with Crippen LogP contribution in [0.15, 0.2) is 0 Å². The summed E-state index contributed by atoms with van der Waals surface area (Å²) in [6.45, 7) is 0.987. The van der Waals surface area contributed by atoms with Crippen LogP contribution in [0.4, 0.5) is 0 Å². The maximum Gasteiger partial charge on any atom is -0.00743 e. The van der Waals surface area contributed by atoms with Crippen molar-refractivity contribution in [3.8, 4) is 0 Å². The monoisotopic (exact) mass is 383 g/mol. The number of nitrogens with two attached hydrogens (primary N) is 1. The molecule has 13 aliphatic carbocycles. The van der Waals surface area contributed by atoms with Crippen LogP contribution >= 0.6 is 0 Å². The summed E-state index contributed by atoms with van der Waals surface area (Å²) in [6.07, 6.45) is 4.73. The Morgan fingerprint density at radius 2 is 0.931 bits per heavy atom. The zero-order chi connectivity index (χ0) is 17.6. The van der Waals surface area contributed by atoms with Crippen molar-refractivity contribution in [1.82, 2.24) is 0 Å². The van der Waals surface area contributed by atoms with E-state index >= 15 is 0 Å². The standard InChI is InChI=1S/C28H33N/c29-2-1-9-10-7-4-8(7)25(10)28(9)26-23-21-19-17-15-13-11-5-3-6(5)12(11)14(13)16(15)18(17)20(19)22(21)24(23)27(26)28/h5-27H,1-4,29H2. The molecular weight excluding hydrogens is 350 g/mol. The van der Waals surface area contributed by atoms with E-state index in [0.29, 0.717) is 0 Å². The molecule has 1 nitrogen and oxygen atoms in total. The Bertz CT molecular complexity index is 944. The van der Waals surface area contributed by atoms with Gasteiger partial charge in [0, 0.05) is 0 Å². The van der Waals surface area contributed by atoms with E-state index in [2.05, 4.69) is 0 Å². The lowest BCUT2D eigenvalue weighted by molar-refractivity contribution is -0.467. The van der Waals surface area contributed by atoms with Crippen molar-refractivity contribution >= 4 is 0 Å². The third-order valence-electron chi connectivity index (χ3n) is 17.0. The predicted molar refractivity (Wildman–Crippen MR) is 106 cm³/mol. The molecule has 23 unspecified atom stereocenters. The van der Waals surface area contributed by atoms with Crippen molar-refractivity contribution in [2.24, 2.45) is 147 Å². The first-order valence-corrected chi connectivity index (χ1v) is 14.1. The molecule has 0 radical (unpaired) electrons.